The van der Waals surface area contributed by atoms with Gasteiger partial charge in [0.05, 0.1) is 12.2 Å². The molecule has 1 aromatic rings. The minimum absolute atomic E-state index is 0.0996. The number of alkyl halides is 1. The van der Waals surface area contributed by atoms with Gasteiger partial charge in [0.2, 0.25) is 5.91 Å². The smallest absolute Gasteiger partial charge is 0.341 e. The number of carbonyl (C=O) groups is 2. The normalized spacial score (nSPS) is 17.0. The topological polar surface area (TPSA) is 55.4 Å². The average Bonchev–Trinajstić information content (AvgIpc) is 2.84. The van der Waals surface area contributed by atoms with E-state index in [0.29, 0.717) is 41.8 Å². The number of amides is 1. The van der Waals surface area contributed by atoms with Crippen molar-refractivity contribution in [1.29, 1.82) is 0 Å². The predicted molar refractivity (Wildman–Crippen MR) is 90.2 cm³/mol. The fourth-order valence-corrected chi connectivity index (χ4v) is 4.32. The molecule has 122 valence electrons. The Balaban J connectivity index is 2.31. The number of hydrogen-bond acceptors (Lipinski definition) is 4. The molecule has 4 nitrogen and oxygen atoms in total. The van der Waals surface area contributed by atoms with E-state index in [0.717, 1.165) is 24.8 Å². The molecule has 1 atom stereocenters. The molecule has 0 aromatic carbocycles. The van der Waals surface area contributed by atoms with Gasteiger partial charge in [-0.2, -0.15) is 0 Å². The lowest BCUT2D eigenvalue weighted by Crippen LogP contribution is -2.16. The lowest BCUT2D eigenvalue weighted by atomic mass is 9.86. The quantitative estimate of drug-likeness (QED) is 0.618. The van der Waals surface area contributed by atoms with Crippen molar-refractivity contribution in [3.05, 3.63) is 16.0 Å². The second-order valence-electron chi connectivity index (χ2n) is 5.50. The first kappa shape index (κ1) is 17.3. The van der Waals surface area contributed by atoms with Crippen molar-refractivity contribution in [2.45, 2.75) is 51.9 Å². The van der Waals surface area contributed by atoms with Gasteiger partial charge in [-0.05, 0) is 44.1 Å². The van der Waals surface area contributed by atoms with Crippen LogP contribution in [0.25, 0.3) is 0 Å². The fraction of sp³-hybridized carbons (Fsp3) is 0.625. The maximum atomic E-state index is 12.4. The molecule has 0 aliphatic heterocycles. The van der Waals surface area contributed by atoms with E-state index in [9.17, 15) is 9.59 Å². The summed E-state index contributed by atoms with van der Waals surface area (Å²) >= 11 is 7.14. The summed E-state index contributed by atoms with van der Waals surface area (Å²) < 4.78 is 5.20. The van der Waals surface area contributed by atoms with E-state index in [-0.39, 0.29) is 11.9 Å². The van der Waals surface area contributed by atoms with Gasteiger partial charge in [-0.25, -0.2) is 4.79 Å². The first-order chi connectivity index (χ1) is 10.6. The summed E-state index contributed by atoms with van der Waals surface area (Å²) in [5.41, 5.74) is 1.63. The monoisotopic (exact) mass is 343 g/mol. The van der Waals surface area contributed by atoms with Crippen molar-refractivity contribution in [1.82, 2.24) is 0 Å². The van der Waals surface area contributed by atoms with Crippen LogP contribution in [0.15, 0.2) is 0 Å². The number of nitrogens with one attached hydrogen (secondary N) is 1. The summed E-state index contributed by atoms with van der Waals surface area (Å²) in [5, 5.41) is 3.52. The van der Waals surface area contributed by atoms with Gasteiger partial charge < -0.3 is 10.1 Å². The number of carbonyl (C=O) groups excluding carboxylic acids is 2. The zero-order valence-corrected chi connectivity index (χ0v) is 14.6. The Morgan fingerprint density at radius 3 is 2.91 bits per heavy atom. The van der Waals surface area contributed by atoms with Crippen LogP contribution in [-0.4, -0.2) is 24.4 Å². The van der Waals surface area contributed by atoms with E-state index < -0.39 is 0 Å². The van der Waals surface area contributed by atoms with Crippen LogP contribution in [0.1, 0.15) is 66.2 Å². The van der Waals surface area contributed by atoms with Crippen LogP contribution in [0.2, 0.25) is 0 Å². The summed E-state index contributed by atoms with van der Waals surface area (Å²) in [6.45, 7) is 4.25. The molecule has 1 amide bonds. The highest BCUT2D eigenvalue weighted by molar-refractivity contribution is 7.17. The Bertz CT molecular complexity index is 556. The standard InChI is InChI=1S/C16H22ClNO3S/c1-3-21-16(20)14-13-10(2)6-4-7-11(13)22-15(14)18-12(19)8-5-9-17/h10H,3-9H2,1-2H3,(H,18,19). The molecule has 1 N–H and O–H groups in total. The molecule has 0 spiro atoms. The summed E-state index contributed by atoms with van der Waals surface area (Å²) in [4.78, 5) is 25.5. The van der Waals surface area contributed by atoms with E-state index in [4.69, 9.17) is 16.3 Å². The summed E-state index contributed by atoms with van der Waals surface area (Å²) in [5.74, 6) is 0.350. The van der Waals surface area contributed by atoms with Crippen molar-refractivity contribution in [2.24, 2.45) is 0 Å². The Morgan fingerprint density at radius 2 is 2.23 bits per heavy atom. The third-order valence-corrected chi connectivity index (χ3v) is 5.27. The van der Waals surface area contributed by atoms with Crippen molar-refractivity contribution >= 4 is 39.8 Å². The maximum Gasteiger partial charge on any atom is 0.341 e. The third kappa shape index (κ3) is 3.82. The van der Waals surface area contributed by atoms with Crippen LogP contribution >= 0.6 is 22.9 Å². The van der Waals surface area contributed by atoms with Gasteiger partial charge in [0.15, 0.2) is 0 Å². The number of rotatable bonds is 6. The Morgan fingerprint density at radius 1 is 1.45 bits per heavy atom. The van der Waals surface area contributed by atoms with Crippen LogP contribution in [0.4, 0.5) is 5.00 Å². The SMILES string of the molecule is CCOC(=O)c1c(NC(=O)CCCCl)sc2c1C(C)CCC2. The fourth-order valence-electron chi connectivity index (χ4n) is 2.82. The van der Waals surface area contributed by atoms with Crippen molar-refractivity contribution in [3.63, 3.8) is 0 Å². The van der Waals surface area contributed by atoms with Crippen molar-refractivity contribution in [3.8, 4) is 0 Å². The Labute approximate surface area is 140 Å². The van der Waals surface area contributed by atoms with Crippen LogP contribution in [0, 0.1) is 0 Å². The van der Waals surface area contributed by atoms with E-state index in [1.165, 1.54) is 16.2 Å². The van der Waals surface area contributed by atoms with Gasteiger partial charge in [0.1, 0.15) is 5.00 Å². The number of thiophene rings is 1. The van der Waals surface area contributed by atoms with Gasteiger partial charge >= 0.3 is 5.97 Å². The van der Waals surface area contributed by atoms with Crippen LogP contribution in [0.5, 0.6) is 0 Å². The molecular formula is C16H22ClNO3S. The largest absolute Gasteiger partial charge is 0.462 e. The van der Waals surface area contributed by atoms with Gasteiger partial charge in [-0.15, -0.1) is 22.9 Å². The van der Waals surface area contributed by atoms with Gasteiger partial charge in [-0.1, -0.05) is 6.92 Å². The highest BCUT2D eigenvalue weighted by atomic mass is 35.5. The molecule has 1 heterocycles. The number of halogens is 1. The zero-order chi connectivity index (χ0) is 16.1. The van der Waals surface area contributed by atoms with Crippen molar-refractivity contribution < 1.29 is 14.3 Å². The minimum Gasteiger partial charge on any atom is -0.462 e. The molecule has 2 rings (SSSR count). The molecule has 1 aromatic heterocycles. The van der Waals surface area contributed by atoms with Crippen LogP contribution in [-0.2, 0) is 16.0 Å². The summed E-state index contributed by atoms with van der Waals surface area (Å²) in [7, 11) is 0. The molecule has 1 unspecified atom stereocenters. The van der Waals surface area contributed by atoms with Crippen LogP contribution in [0.3, 0.4) is 0 Å². The summed E-state index contributed by atoms with van der Waals surface area (Å²) in [6.07, 6.45) is 4.15. The molecular weight excluding hydrogens is 322 g/mol. The third-order valence-electron chi connectivity index (χ3n) is 3.83. The maximum absolute atomic E-state index is 12.4. The molecule has 1 aliphatic carbocycles. The number of fused-ring (bicyclic) bond motifs is 1. The Hall–Kier alpha value is -1.07. The number of hydrogen-bond donors (Lipinski definition) is 1. The Kier molecular flexibility index (Phi) is 6.26. The minimum atomic E-state index is -0.332. The van der Waals surface area contributed by atoms with E-state index in [1.807, 2.05) is 0 Å². The molecule has 0 saturated carbocycles. The second kappa shape index (κ2) is 7.97. The van der Waals surface area contributed by atoms with Gasteiger partial charge in [0.25, 0.3) is 0 Å². The highest BCUT2D eigenvalue weighted by Gasteiger charge is 2.30. The molecule has 22 heavy (non-hydrogen) atoms. The van der Waals surface area contributed by atoms with E-state index >= 15 is 0 Å². The molecule has 0 fully saturated rings. The van der Waals surface area contributed by atoms with E-state index in [2.05, 4.69) is 12.2 Å². The molecule has 0 saturated heterocycles. The van der Waals surface area contributed by atoms with Gasteiger partial charge in [-0.3, -0.25) is 4.79 Å². The van der Waals surface area contributed by atoms with Crippen LogP contribution < -0.4 is 5.32 Å². The number of esters is 1. The highest BCUT2D eigenvalue weighted by Crippen LogP contribution is 2.43. The number of anilines is 1. The van der Waals surface area contributed by atoms with E-state index in [1.54, 1.807) is 6.92 Å². The average molecular weight is 344 g/mol. The molecule has 1 aliphatic rings. The second-order valence-corrected chi connectivity index (χ2v) is 6.98. The van der Waals surface area contributed by atoms with Crippen molar-refractivity contribution in [2.75, 3.05) is 17.8 Å². The molecule has 0 radical (unpaired) electrons. The number of ether oxygens (including phenoxy) is 1. The predicted octanol–water partition coefficient (Wildman–Crippen LogP) is 4.32. The van der Waals surface area contributed by atoms with Gasteiger partial charge in [0, 0.05) is 17.2 Å². The first-order valence-corrected chi connectivity index (χ1v) is 9.12. The first-order valence-electron chi connectivity index (χ1n) is 7.77. The summed E-state index contributed by atoms with van der Waals surface area (Å²) in [6, 6.07) is 0. The number of aryl methyl sites for hydroxylation is 1. The molecule has 6 heteroatoms. The zero-order valence-electron chi connectivity index (χ0n) is 13.0. The lowest BCUT2D eigenvalue weighted by molar-refractivity contribution is -0.116. The lowest BCUT2D eigenvalue weighted by Gasteiger charge is -2.19. The molecule has 0 bridgehead atoms.